The zero-order valence-electron chi connectivity index (χ0n) is 11.4. The number of carbonyl (C=O) groups is 1. The lowest BCUT2D eigenvalue weighted by molar-refractivity contribution is 0.0981. The molecular formula is C15H21ClO2. The van der Waals surface area contributed by atoms with Gasteiger partial charge in [-0.3, -0.25) is 4.79 Å². The first-order valence-corrected chi connectivity index (χ1v) is 6.96. The van der Waals surface area contributed by atoms with E-state index in [1.807, 2.05) is 26.0 Å². The number of Topliss-reactive ketones (excluding diaryl/α,β-unsaturated/α-hetero) is 1. The second-order valence-electron chi connectivity index (χ2n) is 4.50. The van der Waals surface area contributed by atoms with Crippen LogP contribution in [0, 0.1) is 13.8 Å². The number of hydrogen-bond acceptors (Lipinski definition) is 2. The summed E-state index contributed by atoms with van der Waals surface area (Å²) >= 11 is 5.61. The highest BCUT2D eigenvalue weighted by atomic mass is 35.5. The number of aryl methyl sites for hydroxylation is 2. The van der Waals surface area contributed by atoms with Gasteiger partial charge in [0, 0.05) is 17.9 Å². The van der Waals surface area contributed by atoms with Gasteiger partial charge in [-0.25, -0.2) is 0 Å². The second kappa shape index (κ2) is 7.42. The van der Waals surface area contributed by atoms with E-state index in [2.05, 4.69) is 6.92 Å². The number of ketones is 1. The van der Waals surface area contributed by atoms with Gasteiger partial charge in [-0.2, -0.15) is 0 Å². The Morgan fingerprint density at radius 2 is 2.00 bits per heavy atom. The van der Waals surface area contributed by atoms with E-state index in [1.54, 1.807) is 0 Å². The highest BCUT2D eigenvalue weighted by Crippen LogP contribution is 2.24. The van der Waals surface area contributed by atoms with E-state index in [0.717, 1.165) is 35.3 Å². The van der Waals surface area contributed by atoms with Crippen LogP contribution in [0.15, 0.2) is 12.1 Å². The van der Waals surface area contributed by atoms with E-state index in [0.29, 0.717) is 18.9 Å². The summed E-state index contributed by atoms with van der Waals surface area (Å²) < 4.78 is 5.65. The summed E-state index contributed by atoms with van der Waals surface area (Å²) in [6, 6.07) is 3.88. The molecule has 0 spiro atoms. The molecule has 100 valence electrons. The van der Waals surface area contributed by atoms with Crippen molar-refractivity contribution < 1.29 is 9.53 Å². The van der Waals surface area contributed by atoms with Gasteiger partial charge in [0.1, 0.15) is 5.75 Å². The molecule has 0 aliphatic heterocycles. The van der Waals surface area contributed by atoms with Crippen molar-refractivity contribution in [3.05, 3.63) is 28.8 Å². The van der Waals surface area contributed by atoms with Crippen molar-refractivity contribution in [1.82, 2.24) is 0 Å². The Morgan fingerprint density at radius 1 is 1.28 bits per heavy atom. The first-order chi connectivity index (χ1) is 8.60. The summed E-state index contributed by atoms with van der Waals surface area (Å²) in [5, 5.41) is 0. The Balaban J connectivity index is 2.88. The van der Waals surface area contributed by atoms with Crippen LogP contribution in [-0.4, -0.2) is 18.3 Å². The summed E-state index contributed by atoms with van der Waals surface area (Å²) in [5.74, 6) is 1.57. The highest BCUT2D eigenvalue weighted by Gasteiger charge is 2.12. The van der Waals surface area contributed by atoms with Crippen LogP contribution in [-0.2, 0) is 0 Å². The molecular weight excluding hydrogens is 248 g/mol. The fraction of sp³-hybridized carbons (Fsp3) is 0.533. The van der Waals surface area contributed by atoms with Crippen molar-refractivity contribution in [3.63, 3.8) is 0 Å². The molecule has 0 heterocycles. The van der Waals surface area contributed by atoms with Gasteiger partial charge in [-0.05, 0) is 49.9 Å². The van der Waals surface area contributed by atoms with Crippen LogP contribution < -0.4 is 4.74 Å². The normalized spacial score (nSPS) is 10.4. The van der Waals surface area contributed by atoms with Gasteiger partial charge in [0.05, 0.1) is 6.61 Å². The molecule has 18 heavy (non-hydrogen) atoms. The quantitative estimate of drug-likeness (QED) is 0.545. The number of ether oxygens (including phenoxy) is 1. The summed E-state index contributed by atoms with van der Waals surface area (Å²) in [6.45, 7) is 6.71. The maximum absolute atomic E-state index is 12.0. The Morgan fingerprint density at radius 3 is 2.61 bits per heavy atom. The van der Waals surface area contributed by atoms with Crippen molar-refractivity contribution >= 4 is 17.4 Å². The van der Waals surface area contributed by atoms with Crippen LogP contribution in [0.4, 0.5) is 0 Å². The topological polar surface area (TPSA) is 26.3 Å². The SMILES string of the molecule is CCCOc1cc(C)c(C(=O)CCCCl)cc1C. The van der Waals surface area contributed by atoms with Gasteiger partial charge in [-0.15, -0.1) is 11.6 Å². The number of benzene rings is 1. The molecule has 0 atom stereocenters. The lowest BCUT2D eigenvalue weighted by atomic mass is 9.99. The predicted octanol–water partition coefficient (Wildman–Crippen LogP) is 4.29. The van der Waals surface area contributed by atoms with Crippen LogP contribution in [0.3, 0.4) is 0 Å². The van der Waals surface area contributed by atoms with Gasteiger partial charge in [-0.1, -0.05) is 6.92 Å². The molecule has 0 unspecified atom stereocenters. The molecule has 2 nitrogen and oxygen atoms in total. The molecule has 0 aliphatic rings. The zero-order valence-corrected chi connectivity index (χ0v) is 12.1. The largest absolute Gasteiger partial charge is 0.493 e. The summed E-state index contributed by atoms with van der Waals surface area (Å²) in [7, 11) is 0. The minimum Gasteiger partial charge on any atom is -0.493 e. The van der Waals surface area contributed by atoms with E-state index < -0.39 is 0 Å². The molecule has 0 radical (unpaired) electrons. The lowest BCUT2D eigenvalue weighted by Gasteiger charge is -2.12. The Hall–Kier alpha value is -1.02. The first kappa shape index (κ1) is 15.0. The van der Waals surface area contributed by atoms with Crippen molar-refractivity contribution in [2.75, 3.05) is 12.5 Å². The van der Waals surface area contributed by atoms with Crippen LogP contribution in [0.5, 0.6) is 5.75 Å². The molecule has 0 saturated carbocycles. The van der Waals surface area contributed by atoms with Gasteiger partial charge in [0.2, 0.25) is 0 Å². The van der Waals surface area contributed by atoms with Gasteiger partial charge in [0.25, 0.3) is 0 Å². The van der Waals surface area contributed by atoms with Gasteiger partial charge >= 0.3 is 0 Å². The van der Waals surface area contributed by atoms with Crippen LogP contribution in [0.1, 0.15) is 47.7 Å². The third-order valence-corrected chi connectivity index (χ3v) is 3.09. The van der Waals surface area contributed by atoms with Crippen LogP contribution >= 0.6 is 11.6 Å². The number of hydrogen-bond donors (Lipinski definition) is 0. The van der Waals surface area contributed by atoms with E-state index in [4.69, 9.17) is 16.3 Å². The van der Waals surface area contributed by atoms with Crippen molar-refractivity contribution in [2.24, 2.45) is 0 Å². The lowest BCUT2D eigenvalue weighted by Crippen LogP contribution is -2.05. The molecule has 0 bridgehead atoms. The summed E-state index contributed by atoms with van der Waals surface area (Å²) in [4.78, 5) is 12.0. The second-order valence-corrected chi connectivity index (χ2v) is 4.87. The smallest absolute Gasteiger partial charge is 0.163 e. The highest BCUT2D eigenvalue weighted by molar-refractivity contribution is 6.18. The third-order valence-electron chi connectivity index (χ3n) is 2.82. The molecule has 0 N–H and O–H groups in total. The average molecular weight is 269 g/mol. The van der Waals surface area contributed by atoms with Crippen LogP contribution in [0.25, 0.3) is 0 Å². The van der Waals surface area contributed by atoms with E-state index in [-0.39, 0.29) is 5.78 Å². The molecule has 1 aromatic rings. The number of alkyl halides is 1. The third kappa shape index (κ3) is 4.02. The molecule has 0 saturated heterocycles. The molecule has 0 amide bonds. The van der Waals surface area contributed by atoms with Crippen LogP contribution in [0.2, 0.25) is 0 Å². The Bertz CT molecular complexity index is 413. The Kier molecular flexibility index (Phi) is 6.20. The maximum atomic E-state index is 12.0. The summed E-state index contributed by atoms with van der Waals surface area (Å²) in [6.07, 6.45) is 2.22. The fourth-order valence-electron chi connectivity index (χ4n) is 1.82. The minimum absolute atomic E-state index is 0.165. The van der Waals surface area contributed by atoms with E-state index in [1.165, 1.54) is 0 Å². The van der Waals surface area contributed by atoms with Gasteiger partial charge < -0.3 is 4.74 Å². The number of rotatable bonds is 7. The molecule has 1 rings (SSSR count). The molecule has 0 aliphatic carbocycles. The molecule has 0 fully saturated rings. The number of halogens is 1. The zero-order chi connectivity index (χ0) is 13.5. The monoisotopic (exact) mass is 268 g/mol. The molecule has 0 aromatic heterocycles. The van der Waals surface area contributed by atoms with E-state index in [9.17, 15) is 4.79 Å². The van der Waals surface area contributed by atoms with Crippen molar-refractivity contribution in [2.45, 2.75) is 40.0 Å². The Labute approximate surface area is 114 Å². The van der Waals surface area contributed by atoms with Crippen molar-refractivity contribution in [3.8, 4) is 5.75 Å². The maximum Gasteiger partial charge on any atom is 0.163 e. The van der Waals surface area contributed by atoms with Crippen molar-refractivity contribution in [1.29, 1.82) is 0 Å². The molecule has 1 aromatic carbocycles. The first-order valence-electron chi connectivity index (χ1n) is 6.43. The summed E-state index contributed by atoms with van der Waals surface area (Å²) in [5.41, 5.74) is 2.79. The van der Waals surface area contributed by atoms with E-state index >= 15 is 0 Å². The average Bonchev–Trinajstić information content (AvgIpc) is 2.36. The number of carbonyl (C=O) groups excluding carboxylic acids is 1. The standard InChI is InChI=1S/C15H21ClO2/c1-4-8-18-15-10-11(2)13(9-12(15)3)14(17)6-5-7-16/h9-10H,4-8H2,1-3H3. The minimum atomic E-state index is 0.165. The predicted molar refractivity (Wildman–Crippen MR) is 76.0 cm³/mol. The molecule has 3 heteroatoms. The van der Waals surface area contributed by atoms with Gasteiger partial charge in [0.15, 0.2) is 5.78 Å². The fourth-order valence-corrected chi connectivity index (χ4v) is 1.95.